The Hall–Kier alpha value is -2.45. The number of rotatable bonds is 4. The minimum Gasteiger partial charge on any atom is -0.326 e. The molecule has 8 heteroatoms. The van der Waals surface area contributed by atoms with Crippen molar-refractivity contribution in [1.29, 1.82) is 0 Å². The van der Waals surface area contributed by atoms with E-state index in [0.717, 1.165) is 24.3 Å². The van der Waals surface area contributed by atoms with E-state index in [1.807, 2.05) is 38.2 Å². The molecular formula is C18H23N5O2S. The maximum atomic E-state index is 12.3. The topological polar surface area (TPSA) is 77.6 Å². The molecule has 0 aliphatic carbocycles. The molecule has 0 unspecified atom stereocenters. The van der Waals surface area contributed by atoms with Crippen molar-refractivity contribution < 1.29 is 9.59 Å². The molecule has 0 atom stereocenters. The molecule has 1 aromatic heterocycles. The Morgan fingerprint density at radius 2 is 1.96 bits per heavy atom. The van der Waals surface area contributed by atoms with E-state index in [1.54, 1.807) is 10.3 Å². The summed E-state index contributed by atoms with van der Waals surface area (Å²) in [6, 6.07) is 7.52. The van der Waals surface area contributed by atoms with Gasteiger partial charge in [-0.1, -0.05) is 12.1 Å². The van der Waals surface area contributed by atoms with Crippen molar-refractivity contribution >= 4 is 34.1 Å². The van der Waals surface area contributed by atoms with E-state index in [1.165, 1.54) is 11.3 Å². The van der Waals surface area contributed by atoms with Gasteiger partial charge in [-0.05, 0) is 31.7 Å². The first-order valence-corrected chi connectivity index (χ1v) is 9.43. The van der Waals surface area contributed by atoms with Crippen LogP contribution >= 0.6 is 11.3 Å². The number of carbonyl (C=O) groups excluding carboxylic acids is 2. The van der Waals surface area contributed by atoms with Crippen LogP contribution in [-0.4, -0.2) is 59.9 Å². The van der Waals surface area contributed by atoms with Gasteiger partial charge in [0.25, 0.3) is 0 Å². The zero-order valence-electron chi connectivity index (χ0n) is 15.0. The molecule has 2 N–H and O–H groups in total. The van der Waals surface area contributed by atoms with Crippen molar-refractivity contribution in [3.8, 4) is 0 Å². The fraction of sp³-hybridized carbons (Fsp3) is 0.389. The van der Waals surface area contributed by atoms with Gasteiger partial charge in [0.2, 0.25) is 5.91 Å². The van der Waals surface area contributed by atoms with Crippen molar-refractivity contribution in [3.05, 3.63) is 40.9 Å². The number of hydrogen-bond donors (Lipinski definition) is 2. The Kier molecular flexibility index (Phi) is 5.85. The van der Waals surface area contributed by atoms with Crippen LogP contribution in [0.15, 0.2) is 29.6 Å². The van der Waals surface area contributed by atoms with E-state index < -0.39 is 0 Å². The average Bonchev–Trinajstić information content (AvgIpc) is 3.02. The van der Waals surface area contributed by atoms with Crippen molar-refractivity contribution in [2.75, 3.05) is 43.9 Å². The van der Waals surface area contributed by atoms with Crippen LogP contribution in [0.2, 0.25) is 0 Å². The highest BCUT2D eigenvalue weighted by Crippen LogP contribution is 2.17. The number of benzene rings is 1. The summed E-state index contributed by atoms with van der Waals surface area (Å²) in [6.45, 7) is 5.13. The lowest BCUT2D eigenvalue weighted by atomic mass is 10.2. The Morgan fingerprint density at radius 3 is 2.69 bits per heavy atom. The summed E-state index contributed by atoms with van der Waals surface area (Å²) < 4.78 is 0. The summed E-state index contributed by atoms with van der Waals surface area (Å²) in [5, 5.41) is 8.01. The maximum Gasteiger partial charge on any atom is 0.323 e. The van der Waals surface area contributed by atoms with Crippen molar-refractivity contribution in [1.82, 2.24) is 14.8 Å². The second kappa shape index (κ2) is 8.29. The molecule has 138 valence electrons. The van der Waals surface area contributed by atoms with Gasteiger partial charge in [-0.15, -0.1) is 11.3 Å². The van der Waals surface area contributed by atoms with Crippen LogP contribution in [0.3, 0.4) is 0 Å². The van der Waals surface area contributed by atoms with Crippen molar-refractivity contribution in [2.45, 2.75) is 13.3 Å². The number of nitrogens with zero attached hydrogens (tertiary/aromatic N) is 3. The van der Waals surface area contributed by atoms with Gasteiger partial charge in [0.1, 0.15) is 0 Å². The number of amides is 3. The normalized spacial score (nSPS) is 14.9. The largest absolute Gasteiger partial charge is 0.326 e. The Balaban J connectivity index is 1.51. The average molecular weight is 373 g/mol. The molecule has 1 aromatic carbocycles. The summed E-state index contributed by atoms with van der Waals surface area (Å²) in [5.74, 6) is -0.127. The second-order valence-corrected chi connectivity index (χ2v) is 7.32. The van der Waals surface area contributed by atoms with E-state index in [9.17, 15) is 9.59 Å². The fourth-order valence-corrected chi connectivity index (χ4v) is 3.42. The SMILES string of the molecule is Cc1cccc(NC(=O)Cc2csc(NC(=O)N3CCN(C)CC3)n2)c1. The lowest BCUT2D eigenvalue weighted by molar-refractivity contribution is -0.115. The number of urea groups is 1. The predicted octanol–water partition coefficient (Wildman–Crippen LogP) is 2.41. The highest BCUT2D eigenvalue weighted by Gasteiger charge is 2.20. The van der Waals surface area contributed by atoms with Crippen LogP contribution in [0.25, 0.3) is 0 Å². The van der Waals surface area contributed by atoms with Crippen LogP contribution in [0.5, 0.6) is 0 Å². The monoisotopic (exact) mass is 373 g/mol. The second-order valence-electron chi connectivity index (χ2n) is 6.46. The standard InChI is InChI=1S/C18H23N5O2S/c1-13-4-3-5-14(10-13)19-16(24)11-15-12-26-17(20-15)21-18(25)23-8-6-22(2)7-9-23/h3-5,10,12H,6-9,11H2,1-2H3,(H,19,24)(H,20,21,25). The van der Waals surface area contributed by atoms with Gasteiger partial charge in [0, 0.05) is 37.2 Å². The van der Waals surface area contributed by atoms with Crippen LogP contribution in [0.1, 0.15) is 11.3 Å². The Morgan fingerprint density at radius 1 is 1.19 bits per heavy atom. The summed E-state index contributed by atoms with van der Waals surface area (Å²) in [5.41, 5.74) is 2.51. The third-order valence-corrected chi connectivity index (χ3v) is 5.01. The molecule has 1 aliphatic heterocycles. The minimum atomic E-state index is -0.136. The molecule has 3 rings (SSSR count). The molecule has 0 spiro atoms. The zero-order chi connectivity index (χ0) is 18.5. The lowest BCUT2D eigenvalue weighted by Crippen LogP contribution is -2.48. The van der Waals surface area contributed by atoms with Crippen molar-refractivity contribution in [2.24, 2.45) is 0 Å². The summed E-state index contributed by atoms with van der Waals surface area (Å²) in [6.07, 6.45) is 0.175. The molecule has 3 amide bonds. The number of thiazole rings is 1. The molecule has 1 fully saturated rings. The van der Waals surface area contributed by atoms with E-state index in [0.29, 0.717) is 23.9 Å². The first-order chi connectivity index (χ1) is 12.5. The van der Waals surface area contributed by atoms with E-state index in [2.05, 4.69) is 20.5 Å². The molecule has 0 radical (unpaired) electrons. The van der Waals surface area contributed by atoms with Gasteiger partial charge in [-0.2, -0.15) is 0 Å². The molecule has 0 bridgehead atoms. The number of likely N-dealkylation sites (N-methyl/N-ethyl adjacent to an activating group) is 1. The molecule has 26 heavy (non-hydrogen) atoms. The van der Waals surface area contributed by atoms with Gasteiger partial charge < -0.3 is 15.1 Å². The Labute approximate surface area is 157 Å². The number of piperazine rings is 1. The fourth-order valence-electron chi connectivity index (χ4n) is 2.72. The third-order valence-electron chi connectivity index (χ3n) is 4.20. The highest BCUT2D eigenvalue weighted by atomic mass is 32.1. The maximum absolute atomic E-state index is 12.3. The summed E-state index contributed by atoms with van der Waals surface area (Å²) in [7, 11) is 2.05. The zero-order valence-corrected chi connectivity index (χ0v) is 15.8. The molecule has 2 aromatic rings. The van der Waals surface area contributed by atoms with Gasteiger partial charge in [0.15, 0.2) is 5.13 Å². The summed E-state index contributed by atoms with van der Waals surface area (Å²) >= 11 is 1.33. The molecular weight excluding hydrogens is 350 g/mol. The number of hydrogen-bond acceptors (Lipinski definition) is 5. The molecule has 1 aliphatic rings. The smallest absolute Gasteiger partial charge is 0.323 e. The summed E-state index contributed by atoms with van der Waals surface area (Å²) in [4.78, 5) is 32.7. The minimum absolute atomic E-state index is 0.127. The van der Waals surface area contributed by atoms with E-state index in [4.69, 9.17) is 0 Å². The van der Waals surface area contributed by atoms with Crippen LogP contribution in [-0.2, 0) is 11.2 Å². The lowest BCUT2D eigenvalue weighted by Gasteiger charge is -2.32. The van der Waals surface area contributed by atoms with Gasteiger partial charge >= 0.3 is 6.03 Å². The first-order valence-electron chi connectivity index (χ1n) is 8.55. The molecule has 1 saturated heterocycles. The molecule has 2 heterocycles. The first kappa shape index (κ1) is 18.3. The van der Waals surface area contributed by atoms with Crippen molar-refractivity contribution in [3.63, 3.8) is 0 Å². The van der Waals surface area contributed by atoms with Crippen LogP contribution in [0.4, 0.5) is 15.6 Å². The van der Waals surface area contributed by atoms with Crippen LogP contribution in [0, 0.1) is 6.92 Å². The number of aryl methyl sites for hydroxylation is 1. The highest BCUT2D eigenvalue weighted by molar-refractivity contribution is 7.13. The van der Waals surface area contributed by atoms with Gasteiger partial charge in [0.05, 0.1) is 12.1 Å². The quantitative estimate of drug-likeness (QED) is 0.863. The number of carbonyl (C=O) groups is 2. The van der Waals surface area contributed by atoms with Crippen LogP contribution < -0.4 is 10.6 Å². The Bertz CT molecular complexity index is 783. The number of anilines is 2. The molecule has 0 saturated carbocycles. The van der Waals surface area contributed by atoms with Gasteiger partial charge in [-0.3, -0.25) is 10.1 Å². The van der Waals surface area contributed by atoms with Gasteiger partial charge in [-0.25, -0.2) is 9.78 Å². The molecule has 7 nitrogen and oxygen atoms in total. The third kappa shape index (κ3) is 5.03. The van der Waals surface area contributed by atoms with E-state index in [-0.39, 0.29) is 18.4 Å². The predicted molar refractivity (Wildman–Crippen MR) is 104 cm³/mol. The number of aromatic nitrogens is 1. The number of nitrogens with one attached hydrogen (secondary N) is 2. The van der Waals surface area contributed by atoms with E-state index >= 15 is 0 Å².